The lowest BCUT2D eigenvalue weighted by molar-refractivity contribution is 0.0590. The van der Waals surface area contributed by atoms with Gasteiger partial charge >= 0.3 is 5.97 Å². The Bertz CT molecular complexity index is 533. The lowest BCUT2D eigenvalue weighted by Crippen LogP contribution is -2.08. The number of esters is 1. The number of benzene rings is 1. The molecular formula is C10H9ClN2O2. The molecule has 1 heterocycles. The van der Waals surface area contributed by atoms with Crippen LogP contribution in [-0.2, 0) is 11.8 Å². The van der Waals surface area contributed by atoms with E-state index in [-0.39, 0.29) is 0 Å². The van der Waals surface area contributed by atoms with Crippen molar-refractivity contribution in [2.75, 3.05) is 7.11 Å². The minimum atomic E-state index is -0.415. The molecular weight excluding hydrogens is 216 g/mol. The predicted octanol–water partition coefficient (Wildman–Crippen LogP) is 2.01. The van der Waals surface area contributed by atoms with Gasteiger partial charge in [0.15, 0.2) is 5.69 Å². The maximum absolute atomic E-state index is 11.5. The number of hydrogen-bond donors (Lipinski definition) is 0. The molecule has 78 valence electrons. The Balaban J connectivity index is 2.76. The van der Waals surface area contributed by atoms with Crippen molar-refractivity contribution in [1.29, 1.82) is 0 Å². The molecule has 0 bridgehead atoms. The Kier molecular flexibility index (Phi) is 2.36. The van der Waals surface area contributed by atoms with Gasteiger partial charge in [-0.15, -0.1) is 0 Å². The molecule has 2 aromatic rings. The number of aromatic nitrogens is 2. The number of carbonyl (C=O) groups excluding carboxylic acids is 1. The maximum atomic E-state index is 11.5. The highest BCUT2D eigenvalue weighted by molar-refractivity contribution is 6.31. The van der Waals surface area contributed by atoms with Crippen LogP contribution in [0.3, 0.4) is 0 Å². The van der Waals surface area contributed by atoms with Crippen LogP contribution in [-0.4, -0.2) is 22.9 Å². The quantitative estimate of drug-likeness (QED) is 0.696. The summed E-state index contributed by atoms with van der Waals surface area (Å²) in [4.78, 5) is 11.5. The minimum absolute atomic E-state index is 0.412. The molecule has 2 rings (SSSR count). The van der Waals surface area contributed by atoms with E-state index in [0.717, 1.165) is 5.52 Å². The zero-order valence-electron chi connectivity index (χ0n) is 8.32. The fraction of sp³-hybridized carbons (Fsp3) is 0.200. The molecule has 0 fully saturated rings. The second-order valence-corrected chi connectivity index (χ2v) is 3.56. The van der Waals surface area contributed by atoms with E-state index in [1.165, 1.54) is 11.8 Å². The highest BCUT2D eigenvalue weighted by Gasteiger charge is 2.16. The van der Waals surface area contributed by atoms with Crippen molar-refractivity contribution in [2.24, 2.45) is 7.05 Å². The molecule has 4 nitrogen and oxygen atoms in total. The van der Waals surface area contributed by atoms with Crippen LogP contribution in [0.15, 0.2) is 18.2 Å². The predicted molar refractivity (Wildman–Crippen MR) is 57.1 cm³/mol. The summed E-state index contributed by atoms with van der Waals surface area (Å²) >= 11 is 5.86. The summed E-state index contributed by atoms with van der Waals surface area (Å²) in [7, 11) is 3.03. The van der Waals surface area contributed by atoms with E-state index in [4.69, 9.17) is 11.6 Å². The van der Waals surface area contributed by atoms with Crippen molar-refractivity contribution in [3.63, 3.8) is 0 Å². The molecule has 0 atom stereocenters. The number of hydrogen-bond acceptors (Lipinski definition) is 3. The van der Waals surface area contributed by atoms with Gasteiger partial charge in [-0.25, -0.2) is 4.79 Å². The Morgan fingerprint density at radius 2 is 2.27 bits per heavy atom. The molecule has 0 aliphatic rings. The van der Waals surface area contributed by atoms with Gasteiger partial charge < -0.3 is 4.74 Å². The number of methoxy groups -OCH3 is 1. The monoisotopic (exact) mass is 224 g/mol. The van der Waals surface area contributed by atoms with E-state index in [1.807, 2.05) is 0 Å². The lowest BCUT2D eigenvalue weighted by atomic mass is 10.2. The van der Waals surface area contributed by atoms with Crippen molar-refractivity contribution in [2.45, 2.75) is 0 Å². The van der Waals surface area contributed by atoms with E-state index < -0.39 is 5.97 Å². The molecule has 1 aromatic carbocycles. The molecule has 0 radical (unpaired) electrons. The summed E-state index contributed by atoms with van der Waals surface area (Å²) in [5, 5.41) is 5.46. The summed E-state index contributed by atoms with van der Waals surface area (Å²) in [6.45, 7) is 0. The van der Waals surface area contributed by atoms with Crippen molar-refractivity contribution < 1.29 is 9.53 Å². The molecule has 0 saturated heterocycles. The molecule has 1 aromatic heterocycles. The average molecular weight is 225 g/mol. The number of rotatable bonds is 1. The lowest BCUT2D eigenvalue weighted by Gasteiger charge is -1.99. The maximum Gasteiger partial charge on any atom is 0.356 e. The molecule has 0 spiro atoms. The SMILES string of the molecule is COC(=O)c1c2cc(Cl)ccc2nn1C. The van der Waals surface area contributed by atoms with Crippen molar-refractivity contribution >= 4 is 28.5 Å². The fourth-order valence-electron chi connectivity index (χ4n) is 1.51. The average Bonchev–Trinajstić information content (AvgIpc) is 2.52. The van der Waals surface area contributed by atoms with Crippen LogP contribution in [0, 0.1) is 0 Å². The Morgan fingerprint density at radius 3 is 2.93 bits per heavy atom. The molecule has 0 unspecified atom stereocenters. The van der Waals surface area contributed by atoms with Gasteiger partial charge in [0.05, 0.1) is 12.6 Å². The topological polar surface area (TPSA) is 44.1 Å². The summed E-state index contributed by atoms with van der Waals surface area (Å²) in [5.74, 6) is -0.415. The summed E-state index contributed by atoms with van der Waals surface area (Å²) in [6, 6.07) is 5.21. The minimum Gasteiger partial charge on any atom is -0.464 e. The van der Waals surface area contributed by atoms with E-state index >= 15 is 0 Å². The van der Waals surface area contributed by atoms with Crippen LogP contribution >= 0.6 is 11.6 Å². The largest absolute Gasteiger partial charge is 0.464 e. The van der Waals surface area contributed by atoms with Crippen LogP contribution in [0.1, 0.15) is 10.5 Å². The molecule has 0 saturated carbocycles. The molecule has 0 amide bonds. The molecule has 5 heteroatoms. The third-order valence-corrected chi connectivity index (χ3v) is 2.41. The standard InChI is InChI=1S/C10H9ClN2O2/c1-13-9(10(14)15-2)7-5-6(11)3-4-8(7)12-13/h3-5H,1-2H3. The summed E-state index contributed by atoms with van der Waals surface area (Å²) in [6.07, 6.45) is 0. The van der Waals surface area contributed by atoms with Crippen LogP contribution in [0.2, 0.25) is 5.02 Å². The van der Waals surface area contributed by atoms with Gasteiger partial charge in [0, 0.05) is 17.5 Å². The number of nitrogens with zero attached hydrogens (tertiary/aromatic N) is 2. The number of aryl methyl sites for hydroxylation is 1. The van der Waals surface area contributed by atoms with E-state index in [1.54, 1.807) is 25.2 Å². The third-order valence-electron chi connectivity index (χ3n) is 2.17. The Labute approximate surface area is 91.4 Å². The third kappa shape index (κ3) is 1.57. The zero-order chi connectivity index (χ0) is 11.0. The number of halogens is 1. The van der Waals surface area contributed by atoms with Crippen molar-refractivity contribution in [3.8, 4) is 0 Å². The smallest absolute Gasteiger partial charge is 0.356 e. The number of carbonyl (C=O) groups is 1. The first-order valence-corrected chi connectivity index (χ1v) is 4.72. The summed E-state index contributed by atoms with van der Waals surface area (Å²) < 4.78 is 6.17. The van der Waals surface area contributed by atoms with Gasteiger partial charge in [0.1, 0.15) is 0 Å². The van der Waals surface area contributed by atoms with Crippen LogP contribution in [0.5, 0.6) is 0 Å². The highest BCUT2D eigenvalue weighted by atomic mass is 35.5. The number of fused-ring (bicyclic) bond motifs is 1. The van der Waals surface area contributed by atoms with Gasteiger partial charge in [-0.05, 0) is 18.2 Å². The highest BCUT2D eigenvalue weighted by Crippen LogP contribution is 2.22. The molecule has 15 heavy (non-hydrogen) atoms. The van der Waals surface area contributed by atoms with E-state index in [9.17, 15) is 4.79 Å². The first kappa shape index (κ1) is 9.98. The Hall–Kier alpha value is -1.55. The summed E-state index contributed by atoms with van der Waals surface area (Å²) in [5.41, 5.74) is 1.14. The van der Waals surface area contributed by atoms with Gasteiger partial charge in [-0.3, -0.25) is 4.68 Å². The van der Waals surface area contributed by atoms with Crippen LogP contribution in [0.25, 0.3) is 10.9 Å². The van der Waals surface area contributed by atoms with Gasteiger partial charge in [0.25, 0.3) is 0 Å². The molecule has 0 aliphatic heterocycles. The van der Waals surface area contributed by atoms with E-state index in [0.29, 0.717) is 16.1 Å². The second kappa shape index (κ2) is 3.55. The van der Waals surface area contributed by atoms with Crippen LogP contribution in [0.4, 0.5) is 0 Å². The van der Waals surface area contributed by atoms with Gasteiger partial charge in [-0.1, -0.05) is 11.6 Å². The van der Waals surface area contributed by atoms with Crippen molar-refractivity contribution in [3.05, 3.63) is 28.9 Å². The van der Waals surface area contributed by atoms with Crippen molar-refractivity contribution in [1.82, 2.24) is 9.78 Å². The Morgan fingerprint density at radius 1 is 1.53 bits per heavy atom. The molecule has 0 N–H and O–H groups in total. The van der Waals surface area contributed by atoms with E-state index in [2.05, 4.69) is 9.84 Å². The van der Waals surface area contributed by atoms with Crippen LogP contribution < -0.4 is 0 Å². The fourth-order valence-corrected chi connectivity index (χ4v) is 1.68. The first-order chi connectivity index (χ1) is 7.13. The molecule has 0 aliphatic carbocycles. The van der Waals surface area contributed by atoms with Gasteiger partial charge in [-0.2, -0.15) is 5.10 Å². The first-order valence-electron chi connectivity index (χ1n) is 4.34. The number of ether oxygens (including phenoxy) is 1. The van der Waals surface area contributed by atoms with Gasteiger partial charge in [0.2, 0.25) is 0 Å². The second-order valence-electron chi connectivity index (χ2n) is 3.13. The normalized spacial score (nSPS) is 10.6. The zero-order valence-corrected chi connectivity index (χ0v) is 9.08.